The molecule has 2 atom stereocenters. The number of rotatable bonds is 5. The third kappa shape index (κ3) is 4.86. The molecule has 1 aliphatic heterocycles. The second-order valence-electron chi connectivity index (χ2n) is 6.97. The SMILES string of the molecule is CC(C)CNCc1nc(N2CC(C)CC(C)C2)ccc1Cl. The van der Waals surface area contributed by atoms with Gasteiger partial charge in [-0.2, -0.15) is 0 Å². The Balaban J connectivity index is 2.06. The Hall–Kier alpha value is -0.800. The van der Waals surface area contributed by atoms with Crippen LogP contribution in [0.25, 0.3) is 0 Å². The maximum absolute atomic E-state index is 6.29. The first kappa shape index (κ1) is 16.6. The van der Waals surface area contributed by atoms with Crippen LogP contribution < -0.4 is 10.2 Å². The van der Waals surface area contributed by atoms with Gasteiger partial charge in [0.05, 0.1) is 10.7 Å². The molecule has 0 aromatic carbocycles. The summed E-state index contributed by atoms with van der Waals surface area (Å²) in [6.07, 6.45) is 1.31. The minimum atomic E-state index is 0.635. The number of pyridine rings is 1. The van der Waals surface area contributed by atoms with Crippen molar-refractivity contribution >= 4 is 17.4 Å². The quantitative estimate of drug-likeness (QED) is 0.892. The molecule has 21 heavy (non-hydrogen) atoms. The summed E-state index contributed by atoms with van der Waals surface area (Å²) in [5, 5.41) is 4.18. The van der Waals surface area contributed by atoms with Crippen molar-refractivity contribution in [3.63, 3.8) is 0 Å². The van der Waals surface area contributed by atoms with Crippen LogP contribution in [0.2, 0.25) is 5.02 Å². The van der Waals surface area contributed by atoms with E-state index >= 15 is 0 Å². The van der Waals surface area contributed by atoms with E-state index in [1.165, 1.54) is 6.42 Å². The van der Waals surface area contributed by atoms with E-state index in [9.17, 15) is 0 Å². The number of anilines is 1. The van der Waals surface area contributed by atoms with E-state index in [4.69, 9.17) is 16.6 Å². The van der Waals surface area contributed by atoms with Crippen LogP contribution >= 0.6 is 11.6 Å². The molecule has 0 spiro atoms. The first-order valence-electron chi connectivity index (χ1n) is 8.06. The maximum Gasteiger partial charge on any atom is 0.128 e. The van der Waals surface area contributed by atoms with Crippen molar-refractivity contribution in [3.8, 4) is 0 Å². The van der Waals surface area contributed by atoms with Crippen LogP contribution in [-0.4, -0.2) is 24.6 Å². The number of halogens is 1. The van der Waals surface area contributed by atoms with Gasteiger partial charge in [0.15, 0.2) is 0 Å². The predicted molar refractivity (Wildman–Crippen MR) is 90.9 cm³/mol. The molecule has 1 N–H and O–H groups in total. The van der Waals surface area contributed by atoms with E-state index in [0.29, 0.717) is 5.92 Å². The third-order valence-corrected chi connectivity index (χ3v) is 4.29. The molecule has 0 bridgehead atoms. The van der Waals surface area contributed by atoms with Crippen LogP contribution in [0.1, 0.15) is 39.8 Å². The van der Waals surface area contributed by atoms with Crippen LogP contribution in [0, 0.1) is 17.8 Å². The zero-order valence-corrected chi connectivity index (χ0v) is 14.5. The minimum absolute atomic E-state index is 0.635. The molecule has 2 rings (SSSR count). The molecular weight excluding hydrogens is 282 g/mol. The van der Waals surface area contributed by atoms with Gasteiger partial charge in [0.2, 0.25) is 0 Å². The molecule has 3 nitrogen and oxygen atoms in total. The highest BCUT2D eigenvalue weighted by Gasteiger charge is 2.23. The summed E-state index contributed by atoms with van der Waals surface area (Å²) in [6, 6.07) is 4.04. The molecule has 1 aliphatic rings. The molecule has 1 saturated heterocycles. The average molecular weight is 310 g/mol. The van der Waals surface area contributed by atoms with Crippen molar-refractivity contribution in [2.24, 2.45) is 17.8 Å². The fourth-order valence-corrected chi connectivity index (χ4v) is 3.27. The van der Waals surface area contributed by atoms with Crippen molar-refractivity contribution < 1.29 is 0 Å². The number of piperidine rings is 1. The third-order valence-electron chi connectivity index (χ3n) is 3.94. The van der Waals surface area contributed by atoms with Gasteiger partial charge in [-0.1, -0.05) is 39.3 Å². The summed E-state index contributed by atoms with van der Waals surface area (Å²) >= 11 is 6.29. The van der Waals surface area contributed by atoms with Crippen molar-refractivity contribution in [1.29, 1.82) is 0 Å². The lowest BCUT2D eigenvalue weighted by Crippen LogP contribution is -2.39. The highest BCUT2D eigenvalue weighted by Crippen LogP contribution is 2.26. The Labute approximate surface area is 134 Å². The topological polar surface area (TPSA) is 28.2 Å². The fraction of sp³-hybridized carbons (Fsp3) is 0.706. The van der Waals surface area contributed by atoms with Crippen molar-refractivity contribution in [2.45, 2.75) is 40.7 Å². The number of nitrogens with one attached hydrogen (secondary N) is 1. The zero-order valence-electron chi connectivity index (χ0n) is 13.7. The average Bonchev–Trinajstić information content (AvgIpc) is 2.39. The lowest BCUT2D eigenvalue weighted by atomic mass is 9.92. The Morgan fingerprint density at radius 3 is 2.57 bits per heavy atom. The molecule has 2 unspecified atom stereocenters. The number of aromatic nitrogens is 1. The lowest BCUT2D eigenvalue weighted by molar-refractivity contribution is 0.355. The Bertz CT molecular complexity index is 451. The van der Waals surface area contributed by atoms with E-state index in [2.05, 4.69) is 44.0 Å². The standard InChI is InChI=1S/C17H28ClN3/c1-12(2)8-19-9-16-15(18)5-6-17(20-16)21-10-13(3)7-14(4)11-21/h5-6,12-14,19H,7-11H2,1-4H3. The van der Waals surface area contributed by atoms with E-state index in [0.717, 1.165) is 54.5 Å². The largest absolute Gasteiger partial charge is 0.356 e. The first-order valence-corrected chi connectivity index (χ1v) is 8.44. The molecule has 2 heterocycles. The number of hydrogen-bond acceptors (Lipinski definition) is 3. The van der Waals surface area contributed by atoms with Gasteiger partial charge >= 0.3 is 0 Å². The summed E-state index contributed by atoms with van der Waals surface area (Å²) in [5.41, 5.74) is 0.959. The highest BCUT2D eigenvalue weighted by atomic mass is 35.5. The maximum atomic E-state index is 6.29. The first-order chi connectivity index (χ1) is 9.95. The Morgan fingerprint density at radius 2 is 1.95 bits per heavy atom. The van der Waals surface area contributed by atoms with Gasteiger partial charge in [-0.15, -0.1) is 0 Å². The number of nitrogens with zero attached hydrogens (tertiary/aromatic N) is 2. The van der Waals surface area contributed by atoms with Gasteiger partial charge in [-0.05, 0) is 42.9 Å². The van der Waals surface area contributed by atoms with Gasteiger partial charge in [0.25, 0.3) is 0 Å². The van der Waals surface area contributed by atoms with Crippen molar-refractivity contribution in [2.75, 3.05) is 24.5 Å². The fourth-order valence-electron chi connectivity index (χ4n) is 3.10. The second-order valence-corrected chi connectivity index (χ2v) is 7.38. The molecule has 1 aromatic rings. The van der Waals surface area contributed by atoms with E-state index < -0.39 is 0 Å². The van der Waals surface area contributed by atoms with Gasteiger partial charge in [0.1, 0.15) is 5.82 Å². The van der Waals surface area contributed by atoms with Crippen molar-refractivity contribution in [3.05, 3.63) is 22.8 Å². The Morgan fingerprint density at radius 1 is 1.29 bits per heavy atom. The molecule has 0 saturated carbocycles. The van der Waals surface area contributed by atoms with E-state index in [1.54, 1.807) is 0 Å². The molecule has 0 aliphatic carbocycles. The normalized spacial score (nSPS) is 22.9. The van der Waals surface area contributed by atoms with Gasteiger partial charge in [0, 0.05) is 19.6 Å². The molecule has 4 heteroatoms. The van der Waals surface area contributed by atoms with Crippen LogP contribution in [0.3, 0.4) is 0 Å². The predicted octanol–water partition coefficient (Wildman–Crippen LogP) is 3.96. The Kier molecular flexibility index (Phi) is 5.88. The smallest absolute Gasteiger partial charge is 0.128 e. The molecule has 118 valence electrons. The summed E-state index contributed by atoms with van der Waals surface area (Å²) in [5.74, 6) is 3.16. The zero-order chi connectivity index (χ0) is 15.4. The molecule has 0 amide bonds. The van der Waals surface area contributed by atoms with Crippen LogP contribution in [-0.2, 0) is 6.54 Å². The van der Waals surface area contributed by atoms with E-state index in [-0.39, 0.29) is 0 Å². The van der Waals surface area contributed by atoms with Gasteiger partial charge in [-0.3, -0.25) is 0 Å². The summed E-state index contributed by atoms with van der Waals surface area (Å²) in [7, 11) is 0. The summed E-state index contributed by atoms with van der Waals surface area (Å²) in [6.45, 7) is 13.0. The minimum Gasteiger partial charge on any atom is -0.356 e. The highest BCUT2D eigenvalue weighted by molar-refractivity contribution is 6.31. The number of hydrogen-bond donors (Lipinski definition) is 1. The molecular formula is C17H28ClN3. The van der Waals surface area contributed by atoms with E-state index in [1.807, 2.05) is 6.07 Å². The summed E-state index contributed by atoms with van der Waals surface area (Å²) in [4.78, 5) is 7.20. The van der Waals surface area contributed by atoms with Crippen LogP contribution in [0.4, 0.5) is 5.82 Å². The molecule has 1 fully saturated rings. The van der Waals surface area contributed by atoms with Gasteiger partial charge < -0.3 is 10.2 Å². The van der Waals surface area contributed by atoms with Crippen LogP contribution in [0.5, 0.6) is 0 Å². The van der Waals surface area contributed by atoms with Gasteiger partial charge in [-0.25, -0.2) is 4.98 Å². The molecule has 1 aromatic heterocycles. The van der Waals surface area contributed by atoms with Crippen molar-refractivity contribution in [1.82, 2.24) is 10.3 Å². The summed E-state index contributed by atoms with van der Waals surface area (Å²) < 4.78 is 0. The molecule has 0 radical (unpaired) electrons. The van der Waals surface area contributed by atoms with Crippen LogP contribution in [0.15, 0.2) is 12.1 Å². The lowest BCUT2D eigenvalue weighted by Gasteiger charge is -2.36. The monoisotopic (exact) mass is 309 g/mol. The second kappa shape index (κ2) is 7.46.